The monoisotopic (exact) mass is 330 g/mol. The molecule has 0 unspecified atom stereocenters. The van der Waals surface area contributed by atoms with E-state index < -0.39 is 0 Å². The van der Waals surface area contributed by atoms with Crippen LogP contribution in [0.25, 0.3) is 0 Å². The van der Waals surface area contributed by atoms with E-state index in [0.717, 1.165) is 0 Å². The number of rotatable bonds is 6. The Hall–Kier alpha value is -0.850. The predicted octanol–water partition coefficient (Wildman–Crippen LogP) is 6.88. The smallest absolute Gasteiger partial charge is 0.178 e. The average molecular weight is 331 g/mol. The summed E-state index contributed by atoms with van der Waals surface area (Å²) in [5.74, 6) is 2.52. The summed E-state index contributed by atoms with van der Waals surface area (Å²) < 4.78 is 0. The van der Waals surface area contributed by atoms with Gasteiger partial charge in [0.25, 0.3) is 0 Å². The molecule has 2 rings (SSSR count). The summed E-state index contributed by atoms with van der Waals surface area (Å²) in [6, 6.07) is 0. The van der Waals surface area contributed by atoms with E-state index in [9.17, 15) is 4.79 Å². The Morgan fingerprint density at radius 3 is 1.29 bits per heavy atom. The van der Waals surface area contributed by atoms with Crippen molar-refractivity contribution >= 4 is 5.78 Å². The lowest BCUT2D eigenvalue weighted by Crippen LogP contribution is -2.16. The van der Waals surface area contributed by atoms with Crippen LogP contribution in [0.1, 0.15) is 91.9 Å². The first-order chi connectivity index (χ1) is 11.5. The Labute approximate surface area is 150 Å². The Bertz CT molecular complexity index is 412. The molecule has 0 aromatic carbocycles. The maximum Gasteiger partial charge on any atom is 0.178 e. The first-order valence-corrected chi connectivity index (χ1v) is 10.5. The highest BCUT2D eigenvalue weighted by Crippen LogP contribution is 2.35. The quantitative estimate of drug-likeness (QED) is 0.485. The summed E-state index contributed by atoms with van der Waals surface area (Å²) in [6.07, 6.45) is 17.2. The standard InChI is InChI=1S/C23H38O/c1-17(2)22(19-11-7-5-8-12-19)15-21(24)16-23(18(3)4)20-13-9-6-10-14-20/h15-20H,5-14H2,1-4H3. The van der Waals surface area contributed by atoms with Gasteiger partial charge in [-0.25, -0.2) is 0 Å². The summed E-state index contributed by atoms with van der Waals surface area (Å²) >= 11 is 0. The molecule has 2 saturated carbocycles. The molecule has 0 atom stereocenters. The number of hydrogen-bond donors (Lipinski definition) is 0. The van der Waals surface area contributed by atoms with Gasteiger partial charge >= 0.3 is 0 Å². The van der Waals surface area contributed by atoms with Crippen LogP contribution in [-0.2, 0) is 4.79 Å². The van der Waals surface area contributed by atoms with Crippen molar-refractivity contribution in [2.24, 2.45) is 23.7 Å². The van der Waals surface area contributed by atoms with Gasteiger partial charge in [-0.15, -0.1) is 0 Å². The van der Waals surface area contributed by atoms with E-state index in [0.29, 0.717) is 23.7 Å². The third-order valence-corrected chi connectivity index (χ3v) is 6.10. The zero-order valence-electron chi connectivity index (χ0n) is 16.4. The van der Waals surface area contributed by atoms with Crippen molar-refractivity contribution in [1.82, 2.24) is 0 Å². The second-order valence-electron chi connectivity index (χ2n) is 8.67. The van der Waals surface area contributed by atoms with Crippen LogP contribution in [0.5, 0.6) is 0 Å². The van der Waals surface area contributed by atoms with Gasteiger partial charge in [0.2, 0.25) is 0 Å². The van der Waals surface area contributed by atoms with Crippen molar-refractivity contribution in [2.75, 3.05) is 0 Å². The van der Waals surface area contributed by atoms with E-state index in [1.54, 1.807) is 0 Å². The molecule has 24 heavy (non-hydrogen) atoms. The van der Waals surface area contributed by atoms with Crippen LogP contribution < -0.4 is 0 Å². The summed E-state index contributed by atoms with van der Waals surface area (Å²) in [4.78, 5) is 12.8. The molecule has 0 bridgehead atoms. The second-order valence-corrected chi connectivity index (χ2v) is 8.67. The number of carbonyl (C=O) groups excluding carboxylic acids is 1. The summed E-state index contributed by atoms with van der Waals surface area (Å²) in [6.45, 7) is 9.01. The first-order valence-electron chi connectivity index (χ1n) is 10.5. The molecule has 0 aromatic rings. The zero-order valence-corrected chi connectivity index (χ0v) is 16.4. The van der Waals surface area contributed by atoms with Gasteiger partial charge in [0.05, 0.1) is 0 Å². The van der Waals surface area contributed by atoms with Crippen LogP contribution >= 0.6 is 0 Å². The summed E-state index contributed by atoms with van der Waals surface area (Å²) in [5, 5.41) is 0. The van der Waals surface area contributed by atoms with E-state index in [1.807, 2.05) is 12.2 Å². The number of carbonyl (C=O) groups is 1. The molecule has 0 amide bonds. The molecule has 0 spiro atoms. The number of allylic oxidation sites excluding steroid dienone is 4. The van der Waals surface area contributed by atoms with Crippen LogP contribution in [0, 0.1) is 23.7 Å². The minimum absolute atomic E-state index is 0.249. The first kappa shape index (κ1) is 19.5. The molecule has 0 aliphatic heterocycles. The van der Waals surface area contributed by atoms with E-state index in [2.05, 4.69) is 27.7 Å². The fraction of sp³-hybridized carbons (Fsp3) is 0.783. The molecule has 0 heterocycles. The molecule has 0 aromatic heterocycles. The highest BCUT2D eigenvalue weighted by atomic mass is 16.1. The van der Waals surface area contributed by atoms with Crippen LogP contribution in [0.15, 0.2) is 23.3 Å². The topological polar surface area (TPSA) is 17.1 Å². The minimum atomic E-state index is 0.249. The molecule has 2 aliphatic carbocycles. The van der Waals surface area contributed by atoms with Gasteiger partial charge in [-0.1, -0.05) is 77.4 Å². The van der Waals surface area contributed by atoms with Gasteiger partial charge in [-0.3, -0.25) is 4.79 Å². The Morgan fingerprint density at radius 1 is 0.667 bits per heavy atom. The van der Waals surface area contributed by atoms with Gasteiger partial charge in [-0.05, 0) is 61.5 Å². The molecule has 1 heteroatoms. The normalized spacial score (nSPS) is 22.4. The van der Waals surface area contributed by atoms with Gasteiger partial charge in [0.15, 0.2) is 5.78 Å². The van der Waals surface area contributed by atoms with E-state index in [-0.39, 0.29) is 5.78 Å². The largest absolute Gasteiger partial charge is 0.290 e. The number of hydrogen-bond acceptors (Lipinski definition) is 1. The van der Waals surface area contributed by atoms with Crippen LogP contribution in [0.4, 0.5) is 0 Å². The zero-order chi connectivity index (χ0) is 17.5. The van der Waals surface area contributed by atoms with Gasteiger partial charge in [0, 0.05) is 0 Å². The fourth-order valence-electron chi connectivity index (χ4n) is 4.75. The lowest BCUT2D eigenvalue weighted by molar-refractivity contribution is -0.110. The van der Waals surface area contributed by atoms with Crippen molar-refractivity contribution in [3.63, 3.8) is 0 Å². The molecular weight excluding hydrogens is 292 g/mol. The van der Waals surface area contributed by atoms with Crippen LogP contribution in [-0.4, -0.2) is 5.78 Å². The second kappa shape index (κ2) is 9.59. The minimum Gasteiger partial charge on any atom is -0.290 e. The molecule has 2 fully saturated rings. The maximum atomic E-state index is 12.8. The van der Waals surface area contributed by atoms with Gasteiger partial charge in [-0.2, -0.15) is 0 Å². The van der Waals surface area contributed by atoms with Crippen LogP contribution in [0.2, 0.25) is 0 Å². The van der Waals surface area contributed by atoms with E-state index >= 15 is 0 Å². The molecule has 136 valence electrons. The van der Waals surface area contributed by atoms with Crippen molar-refractivity contribution in [3.05, 3.63) is 23.3 Å². The lowest BCUT2D eigenvalue weighted by Gasteiger charge is -2.28. The molecule has 0 N–H and O–H groups in total. The molecule has 0 saturated heterocycles. The fourth-order valence-corrected chi connectivity index (χ4v) is 4.75. The molecule has 1 nitrogen and oxygen atoms in total. The number of ketones is 1. The summed E-state index contributed by atoms with van der Waals surface area (Å²) in [7, 11) is 0. The molecule has 0 radical (unpaired) electrons. The SMILES string of the molecule is CC(C)C(=CC(=O)C=C(C(C)C)C1CCCCC1)C1CCCCC1. The van der Waals surface area contributed by atoms with E-state index in [1.165, 1.54) is 75.4 Å². The van der Waals surface area contributed by atoms with Gasteiger partial charge in [0.1, 0.15) is 0 Å². The van der Waals surface area contributed by atoms with Crippen molar-refractivity contribution in [2.45, 2.75) is 91.9 Å². The van der Waals surface area contributed by atoms with Gasteiger partial charge < -0.3 is 0 Å². The van der Waals surface area contributed by atoms with Crippen molar-refractivity contribution in [3.8, 4) is 0 Å². The Balaban J connectivity index is 2.15. The van der Waals surface area contributed by atoms with Crippen LogP contribution in [0.3, 0.4) is 0 Å². The highest BCUT2D eigenvalue weighted by molar-refractivity contribution is 6.00. The predicted molar refractivity (Wildman–Crippen MR) is 104 cm³/mol. The lowest BCUT2D eigenvalue weighted by atomic mass is 9.77. The third-order valence-electron chi connectivity index (χ3n) is 6.10. The molecular formula is C23H38O. The summed E-state index contributed by atoms with van der Waals surface area (Å²) in [5.41, 5.74) is 2.81. The third kappa shape index (κ3) is 5.60. The Kier molecular flexibility index (Phi) is 7.78. The van der Waals surface area contributed by atoms with Crippen molar-refractivity contribution < 1.29 is 4.79 Å². The maximum absolute atomic E-state index is 12.8. The van der Waals surface area contributed by atoms with E-state index in [4.69, 9.17) is 0 Å². The highest BCUT2D eigenvalue weighted by Gasteiger charge is 2.23. The average Bonchev–Trinajstić information content (AvgIpc) is 2.58. The molecule has 2 aliphatic rings. The Morgan fingerprint density at radius 2 is 1.00 bits per heavy atom. The van der Waals surface area contributed by atoms with Crippen molar-refractivity contribution in [1.29, 1.82) is 0 Å².